The Morgan fingerprint density at radius 3 is 2.81 bits per heavy atom. The second-order valence-corrected chi connectivity index (χ2v) is 5.98. The van der Waals surface area contributed by atoms with Crippen LogP contribution in [-0.2, 0) is 6.42 Å². The lowest BCUT2D eigenvalue weighted by molar-refractivity contribution is 0.397. The molecular formula is C19H18N6O. The third-order valence-electron chi connectivity index (χ3n) is 4.30. The lowest BCUT2D eigenvalue weighted by Gasteiger charge is -2.07. The number of aromatic nitrogens is 5. The number of anilines is 1. The summed E-state index contributed by atoms with van der Waals surface area (Å²) in [6, 6.07) is 9.58. The van der Waals surface area contributed by atoms with Crippen LogP contribution in [0.3, 0.4) is 0 Å². The highest BCUT2D eigenvalue weighted by Gasteiger charge is 2.14. The SMILES string of the molecule is COc1ccc(Cc2nc3c(-c4cccc(N)c4C)nccn3n2)cn1. The molecule has 0 fully saturated rings. The molecule has 0 bridgehead atoms. The van der Waals surface area contributed by atoms with Crippen LogP contribution in [0.4, 0.5) is 5.69 Å². The number of nitrogens with zero attached hydrogens (tertiary/aromatic N) is 5. The molecule has 0 spiro atoms. The standard InChI is InChI=1S/C19H18N6O/c1-12-14(4-3-5-15(12)20)18-19-23-16(24-25(19)9-8-21-18)10-13-6-7-17(26-2)22-11-13/h3-9,11H,10,20H2,1-2H3. The van der Waals surface area contributed by atoms with Crippen LogP contribution in [0.1, 0.15) is 17.0 Å². The smallest absolute Gasteiger partial charge is 0.212 e. The van der Waals surface area contributed by atoms with Gasteiger partial charge in [-0.15, -0.1) is 0 Å². The van der Waals surface area contributed by atoms with E-state index in [1.165, 1.54) is 0 Å². The molecule has 0 aliphatic heterocycles. The zero-order chi connectivity index (χ0) is 18.1. The van der Waals surface area contributed by atoms with Crippen molar-refractivity contribution in [3.8, 4) is 17.1 Å². The van der Waals surface area contributed by atoms with E-state index in [0.717, 1.165) is 28.1 Å². The number of ether oxygens (including phenoxy) is 1. The van der Waals surface area contributed by atoms with Crippen LogP contribution in [-0.4, -0.2) is 31.7 Å². The Balaban J connectivity index is 1.74. The maximum atomic E-state index is 6.05. The molecule has 4 aromatic rings. The highest BCUT2D eigenvalue weighted by molar-refractivity contribution is 5.78. The van der Waals surface area contributed by atoms with Crippen molar-refractivity contribution < 1.29 is 4.74 Å². The molecule has 0 radical (unpaired) electrons. The van der Waals surface area contributed by atoms with Crippen LogP contribution in [0.25, 0.3) is 16.9 Å². The molecule has 3 aromatic heterocycles. The molecule has 7 heteroatoms. The summed E-state index contributed by atoms with van der Waals surface area (Å²) in [6.45, 7) is 1.98. The fraction of sp³-hybridized carbons (Fsp3) is 0.158. The molecule has 0 amide bonds. The third-order valence-corrected chi connectivity index (χ3v) is 4.30. The molecule has 2 N–H and O–H groups in total. The summed E-state index contributed by atoms with van der Waals surface area (Å²) in [5, 5.41) is 4.56. The largest absolute Gasteiger partial charge is 0.481 e. The van der Waals surface area contributed by atoms with E-state index in [1.54, 1.807) is 30.2 Å². The molecule has 0 atom stereocenters. The summed E-state index contributed by atoms with van der Waals surface area (Å²) in [4.78, 5) is 13.4. The number of benzene rings is 1. The molecule has 26 heavy (non-hydrogen) atoms. The van der Waals surface area contributed by atoms with E-state index in [1.807, 2.05) is 37.3 Å². The van der Waals surface area contributed by atoms with Gasteiger partial charge in [-0.25, -0.2) is 14.5 Å². The maximum Gasteiger partial charge on any atom is 0.212 e. The Morgan fingerprint density at radius 2 is 2.04 bits per heavy atom. The van der Waals surface area contributed by atoms with Crippen molar-refractivity contribution in [2.45, 2.75) is 13.3 Å². The fourth-order valence-electron chi connectivity index (χ4n) is 2.86. The summed E-state index contributed by atoms with van der Waals surface area (Å²) in [5.74, 6) is 1.29. The van der Waals surface area contributed by atoms with E-state index < -0.39 is 0 Å². The Morgan fingerprint density at radius 1 is 1.15 bits per heavy atom. The van der Waals surface area contributed by atoms with Crippen LogP contribution >= 0.6 is 0 Å². The Hall–Kier alpha value is -3.48. The van der Waals surface area contributed by atoms with Gasteiger partial charge >= 0.3 is 0 Å². The van der Waals surface area contributed by atoms with Gasteiger partial charge in [0.05, 0.1) is 7.11 Å². The van der Waals surface area contributed by atoms with Crippen molar-refractivity contribution in [3.63, 3.8) is 0 Å². The molecule has 130 valence electrons. The van der Waals surface area contributed by atoms with Gasteiger partial charge in [-0.2, -0.15) is 5.10 Å². The highest BCUT2D eigenvalue weighted by Crippen LogP contribution is 2.28. The van der Waals surface area contributed by atoms with Gasteiger partial charge in [0, 0.05) is 42.3 Å². The van der Waals surface area contributed by atoms with Crippen LogP contribution in [0, 0.1) is 6.92 Å². The first kappa shape index (κ1) is 16.0. The van der Waals surface area contributed by atoms with E-state index >= 15 is 0 Å². The van der Waals surface area contributed by atoms with Crippen molar-refractivity contribution in [1.82, 2.24) is 24.6 Å². The van der Waals surface area contributed by atoms with Gasteiger partial charge in [0.2, 0.25) is 5.88 Å². The average Bonchev–Trinajstić information content (AvgIpc) is 3.07. The van der Waals surface area contributed by atoms with E-state index in [-0.39, 0.29) is 0 Å². The minimum absolute atomic E-state index is 0.577. The van der Waals surface area contributed by atoms with Crippen molar-refractivity contribution in [2.24, 2.45) is 0 Å². The predicted octanol–water partition coefficient (Wildman–Crippen LogP) is 2.68. The normalized spacial score (nSPS) is 11.0. The summed E-state index contributed by atoms with van der Waals surface area (Å²) >= 11 is 0. The van der Waals surface area contributed by atoms with Gasteiger partial charge in [-0.05, 0) is 24.1 Å². The minimum Gasteiger partial charge on any atom is -0.481 e. The minimum atomic E-state index is 0.577. The Kier molecular flexibility index (Phi) is 3.96. The van der Waals surface area contributed by atoms with Crippen molar-refractivity contribution >= 4 is 11.3 Å². The van der Waals surface area contributed by atoms with Crippen LogP contribution in [0.5, 0.6) is 5.88 Å². The van der Waals surface area contributed by atoms with Gasteiger partial charge < -0.3 is 10.5 Å². The topological polar surface area (TPSA) is 91.2 Å². The second-order valence-electron chi connectivity index (χ2n) is 5.98. The first-order chi connectivity index (χ1) is 12.7. The molecular weight excluding hydrogens is 328 g/mol. The van der Waals surface area contributed by atoms with Crippen molar-refractivity contribution in [3.05, 3.63) is 65.9 Å². The van der Waals surface area contributed by atoms with E-state index in [0.29, 0.717) is 23.8 Å². The van der Waals surface area contributed by atoms with Gasteiger partial charge in [-0.3, -0.25) is 4.98 Å². The zero-order valence-electron chi connectivity index (χ0n) is 14.5. The van der Waals surface area contributed by atoms with Crippen molar-refractivity contribution in [1.29, 1.82) is 0 Å². The molecule has 0 aliphatic carbocycles. The van der Waals surface area contributed by atoms with Gasteiger partial charge in [0.1, 0.15) is 5.69 Å². The molecule has 0 unspecified atom stereocenters. The number of methoxy groups -OCH3 is 1. The number of nitrogens with two attached hydrogens (primary N) is 1. The van der Waals surface area contributed by atoms with Gasteiger partial charge in [0.25, 0.3) is 0 Å². The number of rotatable bonds is 4. The number of pyridine rings is 1. The number of hydrogen-bond acceptors (Lipinski definition) is 6. The quantitative estimate of drug-likeness (QED) is 0.571. The average molecular weight is 346 g/mol. The predicted molar refractivity (Wildman–Crippen MR) is 99.0 cm³/mol. The summed E-state index contributed by atoms with van der Waals surface area (Å²) in [6.07, 6.45) is 5.86. The third kappa shape index (κ3) is 2.83. The molecule has 1 aromatic carbocycles. The second kappa shape index (κ2) is 6.44. The van der Waals surface area contributed by atoms with E-state index in [2.05, 4.69) is 20.1 Å². The molecule has 4 rings (SSSR count). The van der Waals surface area contributed by atoms with Crippen molar-refractivity contribution in [2.75, 3.05) is 12.8 Å². The summed E-state index contributed by atoms with van der Waals surface area (Å²) in [5.41, 5.74) is 11.2. The number of fused-ring (bicyclic) bond motifs is 1. The van der Waals surface area contributed by atoms with Gasteiger partial charge in [-0.1, -0.05) is 18.2 Å². The Labute approximate surface area is 150 Å². The summed E-state index contributed by atoms with van der Waals surface area (Å²) < 4.78 is 6.84. The lowest BCUT2D eigenvalue weighted by atomic mass is 10.0. The highest BCUT2D eigenvalue weighted by atomic mass is 16.5. The van der Waals surface area contributed by atoms with E-state index in [4.69, 9.17) is 10.5 Å². The first-order valence-electron chi connectivity index (χ1n) is 8.20. The molecule has 0 saturated carbocycles. The summed E-state index contributed by atoms with van der Waals surface area (Å²) in [7, 11) is 1.60. The molecule has 7 nitrogen and oxygen atoms in total. The van der Waals surface area contributed by atoms with Crippen LogP contribution < -0.4 is 10.5 Å². The fourth-order valence-corrected chi connectivity index (χ4v) is 2.86. The molecule has 0 saturated heterocycles. The number of hydrogen-bond donors (Lipinski definition) is 1. The molecule has 3 heterocycles. The Bertz CT molecular complexity index is 1070. The number of nitrogen functional groups attached to an aromatic ring is 1. The monoisotopic (exact) mass is 346 g/mol. The van der Waals surface area contributed by atoms with Crippen LogP contribution in [0.2, 0.25) is 0 Å². The van der Waals surface area contributed by atoms with Crippen LogP contribution in [0.15, 0.2) is 48.9 Å². The zero-order valence-corrected chi connectivity index (χ0v) is 14.5. The lowest BCUT2D eigenvalue weighted by Crippen LogP contribution is -1.97. The van der Waals surface area contributed by atoms with Gasteiger partial charge in [0.15, 0.2) is 11.5 Å². The first-order valence-corrected chi connectivity index (χ1v) is 8.20. The molecule has 0 aliphatic rings. The maximum absolute atomic E-state index is 6.05. The van der Waals surface area contributed by atoms with E-state index in [9.17, 15) is 0 Å².